The smallest absolute Gasteiger partial charge is 0.329 e. The minimum absolute atomic E-state index is 0.0831. The van der Waals surface area contributed by atoms with E-state index in [-0.39, 0.29) is 24.8 Å². The van der Waals surface area contributed by atoms with Gasteiger partial charge in [0.05, 0.1) is 13.0 Å². The van der Waals surface area contributed by atoms with Crippen LogP contribution in [0.5, 0.6) is 0 Å². The van der Waals surface area contributed by atoms with Gasteiger partial charge in [-0.2, -0.15) is 18.2 Å². The highest BCUT2D eigenvalue weighted by Crippen LogP contribution is 2.29. The first kappa shape index (κ1) is 18.7. The van der Waals surface area contributed by atoms with E-state index in [1.807, 2.05) is 0 Å². The van der Waals surface area contributed by atoms with Gasteiger partial charge in [-0.1, -0.05) is 23.4 Å². The summed E-state index contributed by atoms with van der Waals surface area (Å²) in [5.41, 5.74) is 1.79. The molecular weight excluding hydrogens is 339 g/mol. The second-order valence-corrected chi connectivity index (χ2v) is 5.21. The molecule has 0 saturated carbocycles. The number of rotatable bonds is 6. The van der Waals surface area contributed by atoms with Crippen molar-refractivity contribution in [3.63, 3.8) is 0 Å². The molecule has 25 heavy (non-hydrogen) atoms. The SMILES string of the molecule is C=CCON(C)C(=O)Cc1ccc(-c2noc(C(F)(F)F)n2)cc1C. The average Bonchev–Trinajstić information content (AvgIpc) is 3.04. The number of aryl methyl sites for hydroxylation is 1. The van der Waals surface area contributed by atoms with Crippen LogP contribution in [0.25, 0.3) is 11.4 Å². The Labute approximate surface area is 141 Å². The first-order chi connectivity index (χ1) is 11.7. The van der Waals surface area contributed by atoms with Gasteiger partial charge in [-0.25, -0.2) is 5.06 Å². The van der Waals surface area contributed by atoms with E-state index < -0.39 is 12.1 Å². The molecule has 0 aliphatic heterocycles. The van der Waals surface area contributed by atoms with Crippen LogP contribution in [0.2, 0.25) is 0 Å². The van der Waals surface area contributed by atoms with Crippen LogP contribution in [0.15, 0.2) is 35.4 Å². The molecule has 0 bridgehead atoms. The number of likely N-dealkylation sites (N-methyl/N-ethyl adjacent to an activating group) is 1. The van der Waals surface area contributed by atoms with E-state index in [0.717, 1.165) is 5.06 Å². The Morgan fingerprint density at radius 2 is 2.16 bits per heavy atom. The van der Waals surface area contributed by atoms with Gasteiger partial charge in [0.2, 0.25) is 11.7 Å². The van der Waals surface area contributed by atoms with Crippen LogP contribution in [0.1, 0.15) is 17.0 Å². The van der Waals surface area contributed by atoms with Crippen LogP contribution in [-0.4, -0.2) is 34.8 Å². The summed E-state index contributed by atoms with van der Waals surface area (Å²) >= 11 is 0. The van der Waals surface area contributed by atoms with Crippen molar-refractivity contribution in [3.8, 4) is 11.4 Å². The van der Waals surface area contributed by atoms with Gasteiger partial charge < -0.3 is 4.52 Å². The highest BCUT2D eigenvalue weighted by molar-refractivity contribution is 5.78. The predicted octanol–water partition coefficient (Wildman–Crippen LogP) is 3.18. The first-order valence-electron chi connectivity index (χ1n) is 7.23. The minimum Gasteiger partial charge on any atom is -0.329 e. The summed E-state index contributed by atoms with van der Waals surface area (Å²) in [6.45, 7) is 5.44. The lowest BCUT2D eigenvalue weighted by atomic mass is 10.0. The van der Waals surface area contributed by atoms with E-state index in [2.05, 4.69) is 21.2 Å². The standard InChI is InChI=1S/C16H16F3N3O3/c1-4-7-24-22(3)13(23)9-11-5-6-12(8-10(11)2)14-20-15(25-21-14)16(17,18)19/h4-6,8H,1,7,9H2,2-3H3. The summed E-state index contributed by atoms with van der Waals surface area (Å²) in [4.78, 5) is 20.5. The third-order valence-electron chi connectivity index (χ3n) is 3.35. The molecule has 0 aliphatic carbocycles. The number of aromatic nitrogens is 2. The Hall–Kier alpha value is -2.68. The van der Waals surface area contributed by atoms with E-state index in [4.69, 9.17) is 4.84 Å². The second kappa shape index (κ2) is 7.47. The molecule has 0 radical (unpaired) electrons. The van der Waals surface area contributed by atoms with E-state index >= 15 is 0 Å². The summed E-state index contributed by atoms with van der Waals surface area (Å²) < 4.78 is 41.8. The monoisotopic (exact) mass is 355 g/mol. The van der Waals surface area contributed by atoms with Gasteiger partial charge in [0, 0.05) is 12.6 Å². The topological polar surface area (TPSA) is 68.5 Å². The fourth-order valence-electron chi connectivity index (χ4n) is 2.00. The summed E-state index contributed by atoms with van der Waals surface area (Å²) in [7, 11) is 1.49. The molecule has 2 rings (SSSR count). The fourth-order valence-corrected chi connectivity index (χ4v) is 2.00. The maximum Gasteiger partial charge on any atom is 0.471 e. The van der Waals surface area contributed by atoms with Gasteiger partial charge in [-0.05, 0) is 24.1 Å². The molecule has 2 aromatic rings. The number of alkyl halides is 3. The molecule has 0 atom stereocenters. The summed E-state index contributed by atoms with van der Waals surface area (Å²) in [6.07, 6.45) is -3.09. The molecule has 6 nitrogen and oxygen atoms in total. The molecule has 1 aromatic carbocycles. The third-order valence-corrected chi connectivity index (χ3v) is 3.35. The maximum absolute atomic E-state index is 12.5. The number of hydrogen-bond acceptors (Lipinski definition) is 5. The van der Waals surface area contributed by atoms with Crippen LogP contribution in [0.4, 0.5) is 13.2 Å². The van der Waals surface area contributed by atoms with E-state index in [0.29, 0.717) is 16.7 Å². The summed E-state index contributed by atoms with van der Waals surface area (Å²) in [5.74, 6) is -1.84. The lowest BCUT2D eigenvalue weighted by Gasteiger charge is -2.16. The van der Waals surface area contributed by atoms with Crippen LogP contribution in [0.3, 0.4) is 0 Å². The van der Waals surface area contributed by atoms with Gasteiger partial charge in [0.25, 0.3) is 0 Å². The number of amides is 1. The molecule has 0 aliphatic rings. The quantitative estimate of drug-likeness (QED) is 0.588. The van der Waals surface area contributed by atoms with Gasteiger partial charge in [-0.15, -0.1) is 6.58 Å². The molecule has 0 fully saturated rings. The number of halogens is 3. The lowest BCUT2D eigenvalue weighted by molar-refractivity contribution is -0.173. The number of hydrogen-bond donors (Lipinski definition) is 0. The minimum atomic E-state index is -4.69. The molecular formula is C16H16F3N3O3. The molecule has 1 aromatic heterocycles. The van der Waals surface area contributed by atoms with Gasteiger partial charge >= 0.3 is 12.1 Å². The number of hydroxylamine groups is 2. The van der Waals surface area contributed by atoms with Gasteiger partial charge in [0.15, 0.2) is 0 Å². The number of carbonyl (C=O) groups is 1. The van der Waals surface area contributed by atoms with Crippen LogP contribution in [0, 0.1) is 6.92 Å². The van der Waals surface area contributed by atoms with Crippen molar-refractivity contribution in [2.75, 3.05) is 13.7 Å². The van der Waals surface area contributed by atoms with Crippen molar-refractivity contribution < 1.29 is 27.3 Å². The predicted molar refractivity (Wildman–Crippen MR) is 82.1 cm³/mol. The zero-order valence-corrected chi connectivity index (χ0v) is 13.6. The van der Waals surface area contributed by atoms with E-state index in [1.54, 1.807) is 19.1 Å². The number of nitrogens with zero attached hydrogens (tertiary/aromatic N) is 3. The summed E-state index contributed by atoms with van der Waals surface area (Å²) in [5, 5.41) is 4.45. The Bertz CT molecular complexity index is 771. The van der Waals surface area contributed by atoms with Crippen LogP contribution >= 0.6 is 0 Å². The molecule has 1 amide bonds. The largest absolute Gasteiger partial charge is 0.471 e. The summed E-state index contributed by atoms with van der Waals surface area (Å²) in [6, 6.07) is 4.76. The maximum atomic E-state index is 12.5. The highest BCUT2D eigenvalue weighted by atomic mass is 19.4. The van der Waals surface area contributed by atoms with Crippen molar-refractivity contribution in [1.29, 1.82) is 0 Å². The van der Waals surface area contributed by atoms with Crippen molar-refractivity contribution in [2.45, 2.75) is 19.5 Å². The van der Waals surface area contributed by atoms with E-state index in [9.17, 15) is 18.0 Å². The highest BCUT2D eigenvalue weighted by Gasteiger charge is 2.38. The Balaban J connectivity index is 2.14. The zero-order chi connectivity index (χ0) is 18.6. The molecule has 0 unspecified atom stereocenters. The molecule has 0 spiro atoms. The molecule has 0 saturated heterocycles. The third kappa shape index (κ3) is 4.66. The molecule has 0 N–H and O–H groups in total. The average molecular weight is 355 g/mol. The van der Waals surface area contributed by atoms with Crippen LogP contribution < -0.4 is 0 Å². The van der Waals surface area contributed by atoms with Gasteiger partial charge in [0.1, 0.15) is 0 Å². The Morgan fingerprint density at radius 1 is 1.44 bits per heavy atom. The first-order valence-corrected chi connectivity index (χ1v) is 7.23. The zero-order valence-electron chi connectivity index (χ0n) is 13.6. The Kier molecular flexibility index (Phi) is 5.58. The van der Waals surface area contributed by atoms with E-state index in [1.165, 1.54) is 19.2 Å². The van der Waals surface area contributed by atoms with Crippen LogP contribution in [-0.2, 0) is 22.2 Å². The Morgan fingerprint density at radius 3 is 2.72 bits per heavy atom. The van der Waals surface area contributed by atoms with Crippen molar-refractivity contribution in [2.24, 2.45) is 0 Å². The molecule has 1 heterocycles. The number of benzene rings is 1. The lowest BCUT2D eigenvalue weighted by Crippen LogP contribution is -2.28. The number of carbonyl (C=O) groups excluding carboxylic acids is 1. The molecule has 9 heteroatoms. The van der Waals surface area contributed by atoms with Gasteiger partial charge in [-0.3, -0.25) is 9.63 Å². The van der Waals surface area contributed by atoms with Crippen molar-refractivity contribution in [3.05, 3.63) is 47.9 Å². The fraction of sp³-hybridized carbons (Fsp3) is 0.312. The van der Waals surface area contributed by atoms with Crippen molar-refractivity contribution in [1.82, 2.24) is 15.2 Å². The van der Waals surface area contributed by atoms with Crippen molar-refractivity contribution >= 4 is 5.91 Å². The second-order valence-electron chi connectivity index (χ2n) is 5.21. The normalized spacial score (nSPS) is 11.4. The molecule has 134 valence electrons.